The maximum atomic E-state index is 11.8. The van der Waals surface area contributed by atoms with Gasteiger partial charge in [-0.2, -0.15) is 0 Å². The third-order valence-electron chi connectivity index (χ3n) is 9.01. The average Bonchev–Trinajstić information content (AvgIpc) is 2.83. The summed E-state index contributed by atoms with van der Waals surface area (Å²) in [4.78, 5) is 11.8. The first-order valence-electron chi connectivity index (χ1n) is 13.4. The zero-order valence-corrected chi connectivity index (χ0v) is 23.7. The number of ether oxygens (including phenoxy) is 3. The van der Waals surface area contributed by atoms with Crippen molar-refractivity contribution in [1.82, 2.24) is 0 Å². The first kappa shape index (κ1) is 28.5. The summed E-state index contributed by atoms with van der Waals surface area (Å²) in [7, 11) is 0. The molecule has 0 aromatic heterocycles. The van der Waals surface area contributed by atoms with Gasteiger partial charge in [0.25, 0.3) is 0 Å². The molecule has 2 fully saturated rings. The van der Waals surface area contributed by atoms with E-state index in [1.165, 1.54) is 13.0 Å². The Morgan fingerprint density at radius 2 is 1.92 bits per heavy atom. The number of phenolic OH excluding ortho intramolecular Hbond substituents is 2. The van der Waals surface area contributed by atoms with Crippen LogP contribution in [0.2, 0.25) is 0 Å². The molecule has 1 aromatic rings. The highest BCUT2D eigenvalue weighted by Crippen LogP contribution is 2.60. The Morgan fingerprint density at radius 1 is 1.26 bits per heavy atom. The number of hydrogen-bond acceptors (Lipinski definition) is 8. The summed E-state index contributed by atoms with van der Waals surface area (Å²) in [6.45, 7) is 14.1. The number of esters is 1. The van der Waals surface area contributed by atoms with Crippen molar-refractivity contribution >= 4 is 12.0 Å². The molecule has 210 valence electrons. The number of carbonyl (C=O) groups excluding carboxylic acids is 1. The normalized spacial score (nSPS) is 32.6. The maximum absolute atomic E-state index is 11.8. The van der Waals surface area contributed by atoms with E-state index < -0.39 is 46.8 Å². The van der Waals surface area contributed by atoms with Gasteiger partial charge in [0.1, 0.15) is 17.5 Å². The monoisotopic (exact) mass is 530 g/mol. The quantitative estimate of drug-likeness (QED) is 0.245. The zero-order chi connectivity index (χ0) is 28.4. The Kier molecular flexibility index (Phi) is 7.17. The molecule has 8 nitrogen and oxygen atoms in total. The molecule has 38 heavy (non-hydrogen) atoms. The van der Waals surface area contributed by atoms with Gasteiger partial charge in [-0.3, -0.25) is 4.79 Å². The SMILES string of the molecule is CC=C(C)C(OC(C)=O)C(C)c1cc(O)c2c(c1O)OC1(C)CCC3OC(C(C)(C)O)CC(O)C3(C)C1=C2. The summed E-state index contributed by atoms with van der Waals surface area (Å²) in [5, 5.41) is 44.5. The van der Waals surface area contributed by atoms with E-state index in [0.717, 1.165) is 11.1 Å². The Hall–Kier alpha value is -2.55. The van der Waals surface area contributed by atoms with E-state index in [1.807, 2.05) is 46.8 Å². The summed E-state index contributed by atoms with van der Waals surface area (Å²) in [5.74, 6) is -0.932. The number of aliphatic hydroxyl groups excluding tert-OH is 1. The van der Waals surface area contributed by atoms with E-state index in [-0.39, 0.29) is 29.8 Å². The second-order valence-electron chi connectivity index (χ2n) is 12.2. The second-order valence-corrected chi connectivity index (χ2v) is 12.2. The van der Waals surface area contributed by atoms with E-state index in [4.69, 9.17) is 14.2 Å². The number of rotatable bonds is 5. The van der Waals surface area contributed by atoms with Crippen LogP contribution in [0.15, 0.2) is 23.3 Å². The summed E-state index contributed by atoms with van der Waals surface area (Å²) >= 11 is 0. The molecule has 3 aliphatic rings. The van der Waals surface area contributed by atoms with Crippen molar-refractivity contribution in [1.29, 1.82) is 0 Å². The fourth-order valence-electron chi connectivity index (χ4n) is 6.48. The first-order chi connectivity index (χ1) is 17.5. The summed E-state index contributed by atoms with van der Waals surface area (Å²) in [6, 6.07) is 1.49. The number of aromatic hydroxyl groups is 2. The first-order valence-corrected chi connectivity index (χ1v) is 13.4. The molecular formula is C30H42O8. The average molecular weight is 531 g/mol. The molecule has 2 aliphatic heterocycles. The molecule has 4 rings (SSSR count). The minimum atomic E-state index is -1.10. The van der Waals surface area contributed by atoms with Gasteiger partial charge in [0.15, 0.2) is 11.5 Å². The van der Waals surface area contributed by atoms with Crippen molar-refractivity contribution in [3.63, 3.8) is 0 Å². The van der Waals surface area contributed by atoms with Crippen molar-refractivity contribution in [2.75, 3.05) is 0 Å². The lowest BCUT2D eigenvalue weighted by molar-refractivity contribution is -0.228. The molecule has 0 spiro atoms. The predicted molar refractivity (Wildman–Crippen MR) is 143 cm³/mol. The Balaban J connectivity index is 1.80. The lowest BCUT2D eigenvalue weighted by atomic mass is 9.57. The predicted octanol–water partition coefficient (Wildman–Crippen LogP) is 4.72. The molecule has 0 amide bonds. The van der Waals surface area contributed by atoms with Gasteiger partial charge in [0, 0.05) is 30.2 Å². The van der Waals surface area contributed by atoms with Gasteiger partial charge >= 0.3 is 5.97 Å². The molecule has 0 radical (unpaired) electrons. The van der Waals surface area contributed by atoms with Crippen LogP contribution in [0, 0.1) is 5.41 Å². The molecule has 1 saturated heterocycles. The fourth-order valence-corrected chi connectivity index (χ4v) is 6.48. The minimum absolute atomic E-state index is 0.0831. The fraction of sp³-hybridized carbons (Fsp3) is 0.633. The van der Waals surface area contributed by atoms with Crippen molar-refractivity contribution in [3.05, 3.63) is 34.4 Å². The van der Waals surface area contributed by atoms with Gasteiger partial charge in [-0.25, -0.2) is 0 Å². The van der Waals surface area contributed by atoms with Crippen molar-refractivity contribution in [3.8, 4) is 17.2 Å². The summed E-state index contributed by atoms with van der Waals surface area (Å²) < 4.78 is 18.4. The minimum Gasteiger partial charge on any atom is -0.507 e. The molecule has 2 heterocycles. The molecule has 1 aliphatic carbocycles. The third-order valence-corrected chi connectivity index (χ3v) is 9.01. The smallest absolute Gasteiger partial charge is 0.303 e. The van der Waals surface area contributed by atoms with E-state index in [1.54, 1.807) is 13.8 Å². The third kappa shape index (κ3) is 4.50. The Bertz CT molecular complexity index is 1180. The lowest BCUT2D eigenvalue weighted by Gasteiger charge is -2.58. The number of fused-ring (bicyclic) bond motifs is 4. The molecule has 7 atom stereocenters. The molecule has 4 N–H and O–H groups in total. The molecular weight excluding hydrogens is 488 g/mol. The zero-order valence-electron chi connectivity index (χ0n) is 23.7. The highest BCUT2D eigenvalue weighted by molar-refractivity contribution is 5.76. The van der Waals surface area contributed by atoms with Crippen LogP contribution in [0.25, 0.3) is 6.08 Å². The van der Waals surface area contributed by atoms with E-state index in [0.29, 0.717) is 24.0 Å². The van der Waals surface area contributed by atoms with Crippen LogP contribution >= 0.6 is 0 Å². The van der Waals surface area contributed by atoms with Crippen LogP contribution in [0.1, 0.15) is 91.7 Å². The van der Waals surface area contributed by atoms with Crippen molar-refractivity contribution < 1.29 is 39.4 Å². The van der Waals surface area contributed by atoms with Gasteiger partial charge in [-0.05, 0) is 70.7 Å². The van der Waals surface area contributed by atoms with Crippen molar-refractivity contribution in [2.24, 2.45) is 5.41 Å². The van der Waals surface area contributed by atoms with Crippen LogP contribution in [-0.2, 0) is 14.3 Å². The molecule has 1 aromatic carbocycles. The van der Waals surface area contributed by atoms with Crippen molar-refractivity contribution in [2.45, 2.75) is 116 Å². The highest BCUT2D eigenvalue weighted by atomic mass is 16.5. The number of benzene rings is 1. The molecule has 1 saturated carbocycles. The summed E-state index contributed by atoms with van der Waals surface area (Å²) in [5.41, 5.74) is -0.428. The standard InChI is InChI=1S/C30H42O8/c1-9-15(2)26(36-17(4)31)16(3)18-12-20(32)19-13-21-29(7,38-27(19)25(18)34)11-10-23-30(21,8)22(33)14-24(37-23)28(5,6)35/h9,12-13,16,22-24,26,32-35H,10-11,14H2,1-8H3. The second kappa shape index (κ2) is 9.57. The number of phenols is 2. The van der Waals surface area contributed by atoms with Crippen LogP contribution < -0.4 is 4.74 Å². The Morgan fingerprint density at radius 3 is 2.50 bits per heavy atom. The molecule has 8 heteroatoms. The van der Waals surface area contributed by atoms with E-state index in [9.17, 15) is 25.2 Å². The largest absolute Gasteiger partial charge is 0.507 e. The molecule has 7 unspecified atom stereocenters. The topological polar surface area (TPSA) is 126 Å². The molecule has 0 bridgehead atoms. The van der Waals surface area contributed by atoms with Crippen LogP contribution in [0.4, 0.5) is 0 Å². The van der Waals surface area contributed by atoms with Crippen LogP contribution in [-0.4, -0.2) is 62.0 Å². The van der Waals surface area contributed by atoms with Gasteiger partial charge in [-0.15, -0.1) is 0 Å². The number of carbonyl (C=O) groups is 1. The van der Waals surface area contributed by atoms with Gasteiger partial charge < -0.3 is 34.6 Å². The highest BCUT2D eigenvalue weighted by Gasteiger charge is 2.60. The number of hydrogen-bond donors (Lipinski definition) is 4. The van der Waals surface area contributed by atoms with E-state index in [2.05, 4.69) is 0 Å². The Labute approximate surface area is 224 Å². The van der Waals surface area contributed by atoms with Gasteiger partial charge in [0.05, 0.1) is 29.5 Å². The van der Waals surface area contributed by atoms with Gasteiger partial charge in [-0.1, -0.05) is 19.9 Å². The maximum Gasteiger partial charge on any atom is 0.303 e. The van der Waals surface area contributed by atoms with Gasteiger partial charge in [0.2, 0.25) is 0 Å². The van der Waals surface area contributed by atoms with E-state index >= 15 is 0 Å². The number of aliphatic hydroxyl groups is 2. The van der Waals surface area contributed by atoms with Crippen LogP contribution in [0.5, 0.6) is 17.2 Å². The lowest BCUT2D eigenvalue weighted by Crippen LogP contribution is -2.63. The summed E-state index contributed by atoms with van der Waals surface area (Å²) in [6.07, 6.45) is 2.76. The number of allylic oxidation sites excluding steroid dienone is 1. The van der Waals surface area contributed by atoms with Crippen LogP contribution in [0.3, 0.4) is 0 Å².